The largest absolute Gasteiger partial charge is 0.369 e. The van der Waals surface area contributed by atoms with Gasteiger partial charge in [0.25, 0.3) is 0 Å². The minimum Gasteiger partial charge on any atom is -0.369 e. The Morgan fingerprint density at radius 3 is 2.77 bits per heavy atom. The number of hydrogen-bond donors (Lipinski definition) is 0. The first kappa shape index (κ1) is 15.0. The maximum atomic E-state index is 12.7. The molecule has 2 heterocycles. The molecule has 2 saturated heterocycles. The summed E-state index contributed by atoms with van der Waals surface area (Å²) >= 11 is 0. The number of rotatable bonds is 3. The van der Waals surface area contributed by atoms with Crippen LogP contribution in [0.5, 0.6) is 0 Å². The van der Waals surface area contributed by atoms with Crippen LogP contribution in [0.25, 0.3) is 0 Å². The fourth-order valence-electron chi connectivity index (χ4n) is 3.13. The van der Waals surface area contributed by atoms with Crippen molar-refractivity contribution in [1.82, 2.24) is 9.80 Å². The van der Waals surface area contributed by atoms with Crippen molar-refractivity contribution in [1.29, 1.82) is 0 Å². The monoisotopic (exact) mass is 302 g/mol. The number of hydrogen-bond acceptors (Lipinski definition) is 3. The van der Waals surface area contributed by atoms with Crippen molar-refractivity contribution < 1.29 is 14.3 Å². The van der Waals surface area contributed by atoms with Crippen LogP contribution >= 0.6 is 0 Å². The number of benzene rings is 1. The number of likely N-dealkylation sites (tertiary alicyclic amines) is 1. The molecule has 0 radical (unpaired) electrons. The van der Waals surface area contributed by atoms with Crippen LogP contribution < -0.4 is 0 Å². The van der Waals surface area contributed by atoms with Gasteiger partial charge in [0.05, 0.1) is 6.61 Å². The average molecular weight is 302 g/mol. The first-order chi connectivity index (χ1) is 10.6. The summed E-state index contributed by atoms with van der Waals surface area (Å²) < 4.78 is 5.33. The van der Waals surface area contributed by atoms with Crippen LogP contribution in [0.1, 0.15) is 18.9 Å². The van der Waals surface area contributed by atoms with Crippen LogP contribution in [0.2, 0.25) is 0 Å². The lowest BCUT2D eigenvalue weighted by Gasteiger charge is -2.36. The van der Waals surface area contributed by atoms with E-state index in [1.54, 1.807) is 4.90 Å². The molecule has 1 aromatic rings. The van der Waals surface area contributed by atoms with Gasteiger partial charge in [0.15, 0.2) is 0 Å². The molecule has 0 unspecified atom stereocenters. The maximum Gasteiger partial charge on any atom is 0.249 e. The van der Waals surface area contributed by atoms with Crippen LogP contribution in [-0.4, -0.2) is 54.0 Å². The topological polar surface area (TPSA) is 49.9 Å². The second-order valence-corrected chi connectivity index (χ2v) is 6.22. The standard InChI is InChI=1S/C17H22N2O3/c1-13-7-8-18(9-13)17(21)15-11-22-12-16(20)19(15)10-14-5-3-2-4-6-14/h2-6,13,15H,7-12H2,1H3/t13-,15+/m1/s1. The zero-order valence-electron chi connectivity index (χ0n) is 12.9. The van der Waals surface area contributed by atoms with Gasteiger partial charge in [-0.05, 0) is 17.9 Å². The lowest BCUT2D eigenvalue weighted by atomic mass is 10.1. The third-order valence-electron chi connectivity index (χ3n) is 4.41. The zero-order valence-corrected chi connectivity index (χ0v) is 12.9. The predicted molar refractivity (Wildman–Crippen MR) is 82.0 cm³/mol. The van der Waals surface area contributed by atoms with E-state index in [-0.39, 0.29) is 18.4 Å². The Kier molecular flexibility index (Phi) is 4.43. The molecule has 0 saturated carbocycles. The summed E-state index contributed by atoms with van der Waals surface area (Å²) in [5, 5.41) is 0. The van der Waals surface area contributed by atoms with Crippen LogP contribution in [0.3, 0.4) is 0 Å². The molecule has 2 fully saturated rings. The molecule has 5 nitrogen and oxygen atoms in total. The Bertz CT molecular complexity index is 546. The number of carbonyl (C=O) groups is 2. The fourth-order valence-corrected chi connectivity index (χ4v) is 3.13. The van der Waals surface area contributed by atoms with Crippen molar-refractivity contribution in [2.75, 3.05) is 26.3 Å². The molecule has 0 aromatic heterocycles. The Balaban J connectivity index is 1.75. The van der Waals surface area contributed by atoms with Gasteiger partial charge in [0, 0.05) is 19.6 Å². The first-order valence-electron chi connectivity index (χ1n) is 7.85. The van der Waals surface area contributed by atoms with Crippen molar-refractivity contribution in [3.8, 4) is 0 Å². The van der Waals surface area contributed by atoms with Crippen molar-refractivity contribution in [2.24, 2.45) is 5.92 Å². The fraction of sp³-hybridized carbons (Fsp3) is 0.529. The number of carbonyl (C=O) groups excluding carboxylic acids is 2. The van der Waals surface area contributed by atoms with Crippen LogP contribution in [0, 0.1) is 5.92 Å². The van der Waals surface area contributed by atoms with Gasteiger partial charge >= 0.3 is 0 Å². The number of ether oxygens (including phenoxy) is 1. The van der Waals surface area contributed by atoms with Crippen molar-refractivity contribution in [3.05, 3.63) is 35.9 Å². The minimum absolute atomic E-state index is 0.0216. The lowest BCUT2D eigenvalue weighted by Crippen LogP contribution is -2.56. The maximum absolute atomic E-state index is 12.7. The summed E-state index contributed by atoms with van der Waals surface area (Å²) in [6.45, 7) is 4.53. The highest BCUT2D eigenvalue weighted by Crippen LogP contribution is 2.20. The molecule has 2 amide bonds. The van der Waals surface area contributed by atoms with Gasteiger partial charge in [-0.1, -0.05) is 37.3 Å². The van der Waals surface area contributed by atoms with Gasteiger partial charge in [-0.15, -0.1) is 0 Å². The zero-order chi connectivity index (χ0) is 15.5. The predicted octanol–water partition coefficient (Wildman–Crippen LogP) is 1.28. The highest BCUT2D eigenvalue weighted by atomic mass is 16.5. The third-order valence-corrected chi connectivity index (χ3v) is 4.41. The lowest BCUT2D eigenvalue weighted by molar-refractivity contribution is -0.159. The van der Waals surface area contributed by atoms with E-state index in [4.69, 9.17) is 4.74 Å². The van der Waals surface area contributed by atoms with Gasteiger partial charge in [0.2, 0.25) is 11.8 Å². The molecule has 2 aliphatic rings. The normalized spacial score (nSPS) is 25.6. The molecule has 22 heavy (non-hydrogen) atoms. The first-order valence-corrected chi connectivity index (χ1v) is 7.85. The van der Waals surface area contributed by atoms with E-state index in [0.29, 0.717) is 19.1 Å². The summed E-state index contributed by atoms with van der Waals surface area (Å²) in [6, 6.07) is 9.29. The molecule has 2 aliphatic heterocycles. The van der Waals surface area contributed by atoms with Crippen LogP contribution in [-0.2, 0) is 20.9 Å². The minimum atomic E-state index is -0.494. The van der Waals surface area contributed by atoms with Gasteiger partial charge in [-0.2, -0.15) is 0 Å². The second kappa shape index (κ2) is 6.48. The molecule has 0 bridgehead atoms. The quantitative estimate of drug-likeness (QED) is 0.845. The molecule has 5 heteroatoms. The molecule has 1 aromatic carbocycles. The smallest absolute Gasteiger partial charge is 0.249 e. The summed E-state index contributed by atoms with van der Waals surface area (Å²) in [7, 11) is 0. The van der Waals surface area contributed by atoms with Gasteiger partial charge in [0.1, 0.15) is 12.6 Å². The summed E-state index contributed by atoms with van der Waals surface area (Å²) in [4.78, 5) is 28.5. The Morgan fingerprint density at radius 1 is 1.32 bits per heavy atom. The van der Waals surface area contributed by atoms with Gasteiger partial charge < -0.3 is 14.5 Å². The molecule has 0 spiro atoms. The average Bonchev–Trinajstić information content (AvgIpc) is 2.96. The van der Waals surface area contributed by atoms with Crippen molar-refractivity contribution >= 4 is 11.8 Å². The molecule has 0 aliphatic carbocycles. The van der Waals surface area contributed by atoms with E-state index < -0.39 is 6.04 Å². The van der Waals surface area contributed by atoms with Gasteiger partial charge in [-0.3, -0.25) is 9.59 Å². The second-order valence-electron chi connectivity index (χ2n) is 6.22. The van der Waals surface area contributed by atoms with Crippen molar-refractivity contribution in [3.63, 3.8) is 0 Å². The molecule has 2 atom stereocenters. The Hall–Kier alpha value is -1.88. The molecular weight excluding hydrogens is 280 g/mol. The SMILES string of the molecule is C[C@@H]1CCN(C(=O)[C@@H]2COCC(=O)N2Cc2ccccc2)C1. The number of amides is 2. The van der Waals surface area contributed by atoms with E-state index >= 15 is 0 Å². The molecular formula is C17H22N2O3. The highest BCUT2D eigenvalue weighted by molar-refractivity contribution is 5.89. The number of morpholine rings is 1. The Morgan fingerprint density at radius 2 is 2.09 bits per heavy atom. The van der Waals surface area contributed by atoms with E-state index in [1.165, 1.54) is 0 Å². The van der Waals surface area contributed by atoms with Crippen LogP contribution in [0.4, 0.5) is 0 Å². The van der Waals surface area contributed by atoms with E-state index in [2.05, 4.69) is 6.92 Å². The summed E-state index contributed by atoms with van der Waals surface area (Å²) in [6.07, 6.45) is 1.03. The molecule has 118 valence electrons. The third kappa shape index (κ3) is 3.14. The van der Waals surface area contributed by atoms with E-state index in [9.17, 15) is 9.59 Å². The molecule has 0 N–H and O–H groups in total. The summed E-state index contributed by atoms with van der Waals surface area (Å²) in [5.41, 5.74) is 1.03. The Labute approximate surface area is 130 Å². The summed E-state index contributed by atoms with van der Waals surface area (Å²) in [5.74, 6) is 0.445. The van der Waals surface area contributed by atoms with E-state index in [0.717, 1.165) is 25.1 Å². The highest BCUT2D eigenvalue weighted by Gasteiger charge is 2.37. The number of nitrogens with zero attached hydrogens (tertiary/aromatic N) is 2. The van der Waals surface area contributed by atoms with Gasteiger partial charge in [-0.25, -0.2) is 0 Å². The van der Waals surface area contributed by atoms with Crippen LogP contribution in [0.15, 0.2) is 30.3 Å². The molecule has 3 rings (SSSR count). The van der Waals surface area contributed by atoms with Crippen molar-refractivity contribution in [2.45, 2.75) is 25.9 Å². The van der Waals surface area contributed by atoms with E-state index in [1.807, 2.05) is 35.2 Å².